The summed E-state index contributed by atoms with van der Waals surface area (Å²) in [7, 11) is 4.21. The van der Waals surface area contributed by atoms with Crippen LogP contribution < -0.4 is 10.6 Å². The molecule has 1 fully saturated rings. The van der Waals surface area contributed by atoms with Crippen molar-refractivity contribution in [3.8, 4) is 0 Å². The SMILES string of the molecule is CN1CCOC(CN(C)c2ccc(C(N)=S)cc2)C1. The highest BCUT2D eigenvalue weighted by atomic mass is 32.1. The Hall–Kier alpha value is -1.17. The van der Waals surface area contributed by atoms with Gasteiger partial charge in [-0.2, -0.15) is 0 Å². The highest BCUT2D eigenvalue weighted by Gasteiger charge is 2.19. The number of rotatable bonds is 4. The van der Waals surface area contributed by atoms with Gasteiger partial charge in [0.1, 0.15) is 4.99 Å². The van der Waals surface area contributed by atoms with Crippen LogP contribution in [0.5, 0.6) is 0 Å². The van der Waals surface area contributed by atoms with Crippen molar-refractivity contribution in [3.63, 3.8) is 0 Å². The number of hydrogen-bond donors (Lipinski definition) is 1. The normalized spacial score (nSPS) is 20.2. The van der Waals surface area contributed by atoms with Crippen LogP contribution in [0.1, 0.15) is 5.56 Å². The van der Waals surface area contributed by atoms with Crippen molar-refractivity contribution in [3.05, 3.63) is 29.8 Å². The molecule has 4 nitrogen and oxygen atoms in total. The van der Waals surface area contributed by atoms with E-state index in [9.17, 15) is 0 Å². The molecule has 1 aliphatic rings. The number of nitrogens with two attached hydrogens (primary N) is 1. The highest BCUT2D eigenvalue weighted by molar-refractivity contribution is 7.80. The summed E-state index contributed by atoms with van der Waals surface area (Å²) >= 11 is 4.95. The number of morpholine rings is 1. The first-order valence-electron chi connectivity index (χ1n) is 6.47. The van der Waals surface area contributed by atoms with Gasteiger partial charge in [-0.15, -0.1) is 0 Å². The predicted octanol–water partition coefficient (Wildman–Crippen LogP) is 1.09. The van der Waals surface area contributed by atoms with Crippen LogP contribution in [-0.2, 0) is 4.74 Å². The Morgan fingerprint density at radius 1 is 1.47 bits per heavy atom. The van der Waals surface area contributed by atoms with E-state index in [0.29, 0.717) is 4.99 Å². The molecule has 0 aliphatic carbocycles. The van der Waals surface area contributed by atoms with E-state index in [1.165, 1.54) is 0 Å². The summed E-state index contributed by atoms with van der Waals surface area (Å²) in [4.78, 5) is 4.94. The Bertz CT molecular complexity index is 435. The number of nitrogens with zero attached hydrogens (tertiary/aromatic N) is 2. The zero-order valence-corrected chi connectivity index (χ0v) is 12.3. The maximum absolute atomic E-state index is 5.78. The number of hydrogen-bond acceptors (Lipinski definition) is 4. The molecule has 1 aliphatic heterocycles. The van der Waals surface area contributed by atoms with Gasteiger partial charge in [0.05, 0.1) is 12.7 Å². The van der Waals surface area contributed by atoms with Crippen molar-refractivity contribution in [2.75, 3.05) is 45.2 Å². The molecule has 2 rings (SSSR count). The molecule has 19 heavy (non-hydrogen) atoms. The molecule has 5 heteroatoms. The largest absolute Gasteiger partial charge is 0.389 e. The molecule has 1 saturated heterocycles. The standard InChI is InChI=1S/C14H21N3OS/c1-16-7-8-18-13(9-16)10-17(2)12-5-3-11(4-6-12)14(15)19/h3-6,13H,7-10H2,1-2H3,(H2,15,19). The number of likely N-dealkylation sites (N-methyl/N-ethyl adjacent to an activating group) is 2. The molecule has 0 radical (unpaired) electrons. The van der Waals surface area contributed by atoms with E-state index >= 15 is 0 Å². The second-order valence-electron chi connectivity index (χ2n) is 5.05. The third-order valence-corrected chi connectivity index (χ3v) is 3.65. The van der Waals surface area contributed by atoms with Gasteiger partial charge in [-0.1, -0.05) is 12.2 Å². The fourth-order valence-corrected chi connectivity index (χ4v) is 2.40. The van der Waals surface area contributed by atoms with Crippen molar-refractivity contribution in [1.29, 1.82) is 0 Å². The van der Waals surface area contributed by atoms with Crippen LogP contribution >= 0.6 is 12.2 Å². The zero-order chi connectivity index (χ0) is 13.8. The molecule has 0 amide bonds. The van der Waals surface area contributed by atoms with Gasteiger partial charge in [-0.3, -0.25) is 0 Å². The third kappa shape index (κ3) is 3.89. The third-order valence-electron chi connectivity index (χ3n) is 3.41. The lowest BCUT2D eigenvalue weighted by Crippen LogP contribution is -2.45. The predicted molar refractivity (Wildman–Crippen MR) is 82.8 cm³/mol. The molecule has 104 valence electrons. The lowest BCUT2D eigenvalue weighted by molar-refractivity contribution is -0.0143. The Morgan fingerprint density at radius 3 is 2.74 bits per heavy atom. The number of benzene rings is 1. The van der Waals surface area contributed by atoms with Crippen LogP contribution in [0, 0.1) is 0 Å². The molecule has 2 N–H and O–H groups in total. The first-order chi connectivity index (χ1) is 9.06. The van der Waals surface area contributed by atoms with Crippen molar-refractivity contribution in [2.45, 2.75) is 6.10 Å². The Morgan fingerprint density at radius 2 is 2.16 bits per heavy atom. The summed E-state index contributed by atoms with van der Waals surface area (Å²) < 4.78 is 5.78. The van der Waals surface area contributed by atoms with E-state index in [2.05, 4.69) is 23.9 Å². The van der Waals surface area contributed by atoms with Crippen LogP contribution in [0.2, 0.25) is 0 Å². The van der Waals surface area contributed by atoms with Crippen molar-refractivity contribution < 1.29 is 4.74 Å². The van der Waals surface area contributed by atoms with Crippen LogP contribution in [0.4, 0.5) is 5.69 Å². The highest BCUT2D eigenvalue weighted by Crippen LogP contribution is 2.15. The summed E-state index contributed by atoms with van der Waals surface area (Å²) in [5.41, 5.74) is 7.65. The Kier molecular flexibility index (Phi) is 4.74. The summed E-state index contributed by atoms with van der Waals surface area (Å²) in [6, 6.07) is 8.01. The minimum atomic E-state index is 0.263. The molecule has 0 spiro atoms. The minimum absolute atomic E-state index is 0.263. The monoisotopic (exact) mass is 279 g/mol. The van der Waals surface area contributed by atoms with Gasteiger partial charge in [-0.05, 0) is 31.3 Å². The first kappa shape index (κ1) is 14.2. The molecule has 0 aromatic heterocycles. The van der Waals surface area contributed by atoms with Gasteiger partial charge < -0.3 is 20.3 Å². The van der Waals surface area contributed by atoms with Crippen molar-refractivity contribution in [1.82, 2.24) is 4.90 Å². The molecule has 1 aromatic rings. The van der Waals surface area contributed by atoms with E-state index < -0.39 is 0 Å². The van der Waals surface area contributed by atoms with Gasteiger partial charge >= 0.3 is 0 Å². The molecular weight excluding hydrogens is 258 g/mol. The van der Waals surface area contributed by atoms with Crippen LogP contribution in [0.25, 0.3) is 0 Å². The van der Waals surface area contributed by atoms with E-state index in [0.717, 1.165) is 37.5 Å². The smallest absolute Gasteiger partial charge is 0.103 e. The molecule has 1 aromatic carbocycles. The first-order valence-corrected chi connectivity index (χ1v) is 6.88. The Balaban J connectivity index is 1.95. The quantitative estimate of drug-likeness (QED) is 0.836. The Labute approximate surface area is 120 Å². The molecule has 0 saturated carbocycles. The fourth-order valence-electron chi connectivity index (χ4n) is 2.27. The van der Waals surface area contributed by atoms with Crippen LogP contribution in [0.15, 0.2) is 24.3 Å². The van der Waals surface area contributed by atoms with E-state index in [-0.39, 0.29) is 6.10 Å². The fraction of sp³-hybridized carbons (Fsp3) is 0.500. The van der Waals surface area contributed by atoms with Gasteiger partial charge in [-0.25, -0.2) is 0 Å². The zero-order valence-electron chi connectivity index (χ0n) is 11.5. The lowest BCUT2D eigenvalue weighted by Gasteiger charge is -2.33. The van der Waals surface area contributed by atoms with Crippen molar-refractivity contribution >= 4 is 22.9 Å². The average Bonchev–Trinajstić information content (AvgIpc) is 2.39. The van der Waals surface area contributed by atoms with Gasteiger partial charge in [0.25, 0.3) is 0 Å². The number of thiocarbonyl (C=S) groups is 1. The number of anilines is 1. The van der Waals surface area contributed by atoms with Crippen LogP contribution in [0.3, 0.4) is 0 Å². The minimum Gasteiger partial charge on any atom is -0.389 e. The maximum atomic E-state index is 5.78. The van der Waals surface area contributed by atoms with E-state index in [1.807, 2.05) is 24.3 Å². The molecule has 1 atom stereocenters. The second kappa shape index (κ2) is 6.32. The summed E-state index contributed by atoms with van der Waals surface area (Å²) in [5, 5.41) is 0. The van der Waals surface area contributed by atoms with E-state index in [1.54, 1.807) is 0 Å². The molecule has 1 heterocycles. The maximum Gasteiger partial charge on any atom is 0.103 e. The van der Waals surface area contributed by atoms with Crippen LogP contribution in [-0.4, -0.2) is 56.3 Å². The topological polar surface area (TPSA) is 41.7 Å². The average molecular weight is 279 g/mol. The number of ether oxygens (including phenoxy) is 1. The summed E-state index contributed by atoms with van der Waals surface area (Å²) in [5.74, 6) is 0. The van der Waals surface area contributed by atoms with Gasteiger partial charge in [0, 0.05) is 37.9 Å². The summed E-state index contributed by atoms with van der Waals surface area (Å²) in [6.07, 6.45) is 0.263. The molecular formula is C14H21N3OS. The molecule has 1 unspecified atom stereocenters. The van der Waals surface area contributed by atoms with Gasteiger partial charge in [0.2, 0.25) is 0 Å². The summed E-state index contributed by atoms with van der Waals surface area (Å²) in [6.45, 7) is 3.70. The van der Waals surface area contributed by atoms with E-state index in [4.69, 9.17) is 22.7 Å². The lowest BCUT2D eigenvalue weighted by atomic mass is 10.2. The van der Waals surface area contributed by atoms with Crippen molar-refractivity contribution in [2.24, 2.45) is 5.73 Å². The second-order valence-corrected chi connectivity index (χ2v) is 5.49. The molecule has 0 bridgehead atoms. The van der Waals surface area contributed by atoms with Gasteiger partial charge in [0.15, 0.2) is 0 Å².